The van der Waals surface area contributed by atoms with Crippen LogP contribution in [0.2, 0.25) is 0 Å². The molecule has 0 aliphatic heterocycles. The Kier molecular flexibility index (Phi) is 3.88. The predicted octanol–water partition coefficient (Wildman–Crippen LogP) is 6.56. The fourth-order valence-corrected chi connectivity index (χ4v) is 7.50. The highest BCUT2D eigenvalue weighted by atomic mass is 31.1. The molecule has 4 aliphatic rings. The Morgan fingerprint density at radius 2 is 2.00 bits per heavy atom. The molecule has 3 saturated carbocycles. The number of rotatable bonds is 1. The van der Waals surface area contributed by atoms with E-state index in [2.05, 4.69) is 32.9 Å². The Hall–Kier alpha value is -0.420. The van der Waals surface area contributed by atoms with Crippen LogP contribution in [0.5, 0.6) is 0 Å². The SMILES string of the molecule is C/C=C1/CCC2C3CCC4C[C@H](P=O)CC[C@]4(C)C3=CC[C@]12C. The molecule has 0 heterocycles. The molecule has 0 radical (unpaired) electrons. The molecule has 126 valence electrons. The van der Waals surface area contributed by atoms with Gasteiger partial charge in [0.15, 0.2) is 8.46 Å². The zero-order valence-corrected chi connectivity index (χ0v) is 15.9. The molecule has 2 heteroatoms. The fourth-order valence-electron chi connectivity index (χ4n) is 6.93. The normalized spacial score (nSPS) is 51.1. The lowest BCUT2D eigenvalue weighted by Gasteiger charge is -2.56. The second kappa shape index (κ2) is 5.55. The molecule has 4 rings (SSSR count). The van der Waals surface area contributed by atoms with Crippen LogP contribution in [-0.4, -0.2) is 5.66 Å². The Labute approximate surface area is 143 Å². The smallest absolute Gasteiger partial charge is 0.158 e. The molecule has 3 fully saturated rings. The quantitative estimate of drug-likeness (QED) is 0.393. The van der Waals surface area contributed by atoms with E-state index in [0.29, 0.717) is 24.9 Å². The third-order valence-corrected chi connectivity index (χ3v) is 9.11. The number of fused-ring (bicyclic) bond motifs is 5. The highest BCUT2D eigenvalue weighted by molar-refractivity contribution is 7.24. The average Bonchev–Trinajstić information content (AvgIpc) is 2.90. The van der Waals surface area contributed by atoms with Crippen LogP contribution in [0.1, 0.15) is 72.1 Å². The molecule has 0 saturated heterocycles. The van der Waals surface area contributed by atoms with Gasteiger partial charge in [0.2, 0.25) is 0 Å². The first-order valence-corrected chi connectivity index (χ1v) is 10.6. The summed E-state index contributed by atoms with van der Waals surface area (Å²) in [5.74, 6) is 2.48. The van der Waals surface area contributed by atoms with Crippen molar-refractivity contribution in [2.45, 2.75) is 77.8 Å². The molecule has 1 nitrogen and oxygen atoms in total. The second-order valence-electron chi connectivity index (χ2n) is 9.07. The topological polar surface area (TPSA) is 17.1 Å². The van der Waals surface area contributed by atoms with Crippen LogP contribution < -0.4 is 0 Å². The largest absolute Gasteiger partial charge is 0.275 e. The Bertz CT molecular complexity index is 576. The van der Waals surface area contributed by atoms with Gasteiger partial charge in [-0.05, 0) is 86.9 Å². The minimum absolute atomic E-state index is 0.392. The van der Waals surface area contributed by atoms with Gasteiger partial charge >= 0.3 is 0 Å². The number of hydrogen-bond acceptors (Lipinski definition) is 1. The molecule has 0 N–H and O–H groups in total. The summed E-state index contributed by atoms with van der Waals surface area (Å²) in [6.45, 7) is 7.32. The van der Waals surface area contributed by atoms with Crippen molar-refractivity contribution >= 4 is 8.46 Å². The van der Waals surface area contributed by atoms with Crippen LogP contribution in [0.4, 0.5) is 0 Å². The van der Waals surface area contributed by atoms with Crippen LogP contribution in [0, 0.1) is 28.6 Å². The van der Waals surface area contributed by atoms with E-state index >= 15 is 0 Å². The summed E-state index contributed by atoms with van der Waals surface area (Å²) in [6, 6.07) is 0. The average molecular weight is 330 g/mol. The van der Waals surface area contributed by atoms with Crippen molar-refractivity contribution in [2.75, 3.05) is 0 Å². The molecule has 0 aromatic carbocycles. The molecule has 23 heavy (non-hydrogen) atoms. The number of allylic oxidation sites excluding steroid dienone is 4. The van der Waals surface area contributed by atoms with E-state index in [1.807, 2.05) is 5.57 Å². The lowest BCUT2D eigenvalue weighted by molar-refractivity contribution is 0.0526. The zero-order valence-electron chi connectivity index (χ0n) is 15.0. The zero-order chi connectivity index (χ0) is 16.2. The van der Waals surface area contributed by atoms with Crippen molar-refractivity contribution in [3.63, 3.8) is 0 Å². The molecular formula is C21H31OP. The van der Waals surface area contributed by atoms with Gasteiger partial charge in [0.1, 0.15) is 0 Å². The summed E-state index contributed by atoms with van der Waals surface area (Å²) in [6.07, 6.45) is 15.4. The molecule has 0 spiro atoms. The van der Waals surface area contributed by atoms with E-state index in [4.69, 9.17) is 0 Å². The van der Waals surface area contributed by atoms with Gasteiger partial charge in [0.05, 0.1) is 0 Å². The Morgan fingerprint density at radius 3 is 2.74 bits per heavy atom. The minimum atomic E-state index is 0.392. The third kappa shape index (κ3) is 2.18. The van der Waals surface area contributed by atoms with Crippen molar-refractivity contribution in [3.05, 3.63) is 23.3 Å². The molecule has 0 bridgehead atoms. The van der Waals surface area contributed by atoms with Crippen LogP contribution >= 0.6 is 8.46 Å². The molecule has 4 aliphatic carbocycles. The monoisotopic (exact) mass is 330 g/mol. The van der Waals surface area contributed by atoms with Crippen molar-refractivity contribution in [1.82, 2.24) is 0 Å². The predicted molar refractivity (Wildman–Crippen MR) is 96.9 cm³/mol. The fraction of sp³-hybridized carbons (Fsp3) is 0.810. The van der Waals surface area contributed by atoms with Crippen LogP contribution in [0.3, 0.4) is 0 Å². The minimum Gasteiger partial charge on any atom is -0.275 e. The van der Waals surface area contributed by atoms with Crippen molar-refractivity contribution in [1.29, 1.82) is 0 Å². The highest BCUT2D eigenvalue weighted by Crippen LogP contribution is 2.65. The van der Waals surface area contributed by atoms with Gasteiger partial charge in [-0.1, -0.05) is 37.1 Å². The summed E-state index contributed by atoms with van der Waals surface area (Å²) in [4.78, 5) is 0. The second-order valence-corrected chi connectivity index (χ2v) is 10.0. The highest BCUT2D eigenvalue weighted by Gasteiger charge is 2.55. The van der Waals surface area contributed by atoms with Crippen molar-refractivity contribution in [3.8, 4) is 0 Å². The van der Waals surface area contributed by atoms with E-state index in [-0.39, 0.29) is 0 Å². The van der Waals surface area contributed by atoms with Crippen LogP contribution in [0.25, 0.3) is 0 Å². The van der Waals surface area contributed by atoms with Crippen LogP contribution in [-0.2, 0) is 4.57 Å². The van der Waals surface area contributed by atoms with E-state index in [0.717, 1.165) is 24.2 Å². The van der Waals surface area contributed by atoms with Crippen molar-refractivity contribution < 1.29 is 4.57 Å². The lowest BCUT2D eigenvalue weighted by atomic mass is 9.49. The van der Waals surface area contributed by atoms with Gasteiger partial charge in [-0.3, -0.25) is 4.57 Å². The summed E-state index contributed by atoms with van der Waals surface area (Å²) in [7, 11) is 0.392. The van der Waals surface area contributed by atoms with Gasteiger partial charge < -0.3 is 0 Å². The summed E-state index contributed by atoms with van der Waals surface area (Å²) in [5.41, 5.74) is 4.81. The van der Waals surface area contributed by atoms with E-state index in [1.54, 1.807) is 5.57 Å². The maximum Gasteiger partial charge on any atom is 0.158 e. The maximum atomic E-state index is 11.4. The van der Waals surface area contributed by atoms with Gasteiger partial charge in [-0.25, -0.2) is 0 Å². The van der Waals surface area contributed by atoms with E-state index < -0.39 is 0 Å². The lowest BCUT2D eigenvalue weighted by Crippen LogP contribution is -2.47. The molecular weight excluding hydrogens is 299 g/mol. The third-order valence-electron chi connectivity index (χ3n) is 8.35. The molecule has 0 aromatic rings. The van der Waals surface area contributed by atoms with Gasteiger partial charge in [-0.2, -0.15) is 0 Å². The first-order chi connectivity index (χ1) is 11.0. The standard InChI is InChI=1S/C21H31OP/c1-4-14-6-8-18-17-7-5-15-13-16(23-22)9-11-21(15,3)19(17)10-12-20(14,18)2/h4,10,15-18H,5-9,11-13H2,1-3H3/b14-4-/t15?,16-,17?,18?,20-,21+/m1/s1. The first kappa shape index (κ1) is 16.1. The van der Waals surface area contributed by atoms with Gasteiger partial charge in [-0.15, -0.1) is 0 Å². The van der Waals surface area contributed by atoms with Crippen molar-refractivity contribution in [2.24, 2.45) is 28.6 Å². The summed E-state index contributed by atoms with van der Waals surface area (Å²) < 4.78 is 11.4. The van der Waals surface area contributed by atoms with Gasteiger partial charge in [0, 0.05) is 5.66 Å². The Balaban J connectivity index is 1.68. The Morgan fingerprint density at radius 1 is 1.17 bits per heavy atom. The van der Waals surface area contributed by atoms with E-state index in [9.17, 15) is 4.57 Å². The van der Waals surface area contributed by atoms with E-state index in [1.165, 1.54) is 44.9 Å². The van der Waals surface area contributed by atoms with Crippen LogP contribution in [0.15, 0.2) is 23.3 Å². The first-order valence-electron chi connectivity index (χ1n) is 9.71. The molecule has 3 unspecified atom stereocenters. The summed E-state index contributed by atoms with van der Waals surface area (Å²) >= 11 is 0. The molecule has 6 atom stereocenters. The number of hydrogen-bond donors (Lipinski definition) is 0. The molecule has 0 aromatic heterocycles. The molecule has 0 amide bonds. The maximum absolute atomic E-state index is 11.4. The summed E-state index contributed by atoms with van der Waals surface area (Å²) in [5, 5.41) is 0. The van der Waals surface area contributed by atoms with Gasteiger partial charge in [0.25, 0.3) is 0 Å².